The molecular formula is C16H11ClN8. The summed E-state index contributed by atoms with van der Waals surface area (Å²) in [5, 5.41) is 21.8. The maximum absolute atomic E-state index is 9.26. The second kappa shape index (κ2) is 5.58. The molecule has 0 aliphatic rings. The maximum atomic E-state index is 9.26. The summed E-state index contributed by atoms with van der Waals surface area (Å²) < 4.78 is 1.65. The van der Waals surface area contributed by atoms with Crippen molar-refractivity contribution in [2.75, 3.05) is 5.73 Å². The fraction of sp³-hybridized carbons (Fsp3) is 0.0625. The van der Waals surface area contributed by atoms with Gasteiger partial charge in [0, 0.05) is 24.2 Å². The minimum Gasteiger partial charge on any atom is -0.381 e. The summed E-state index contributed by atoms with van der Waals surface area (Å²) in [7, 11) is 1.80. The lowest BCUT2D eigenvalue weighted by Crippen LogP contribution is -2.03. The monoisotopic (exact) mass is 350 g/mol. The molecule has 1 aromatic carbocycles. The van der Waals surface area contributed by atoms with Crippen LogP contribution in [-0.4, -0.2) is 29.9 Å². The van der Waals surface area contributed by atoms with Gasteiger partial charge in [-0.3, -0.25) is 9.78 Å². The maximum Gasteiger partial charge on any atom is 0.183 e. The van der Waals surface area contributed by atoms with Gasteiger partial charge in [0.1, 0.15) is 23.2 Å². The summed E-state index contributed by atoms with van der Waals surface area (Å²) in [5.41, 5.74) is 8.90. The van der Waals surface area contributed by atoms with Crippen LogP contribution in [0.1, 0.15) is 5.69 Å². The number of fused-ring (bicyclic) bond motifs is 1. The number of nitrogens with zero attached hydrogens (tertiary/aromatic N) is 6. The van der Waals surface area contributed by atoms with Crippen LogP contribution in [-0.2, 0) is 7.05 Å². The summed E-state index contributed by atoms with van der Waals surface area (Å²) in [4.78, 5) is 8.74. The number of aryl methyl sites for hydroxylation is 1. The Bertz CT molecular complexity index is 1150. The number of nitrogens with two attached hydrogens (primary N) is 1. The van der Waals surface area contributed by atoms with Gasteiger partial charge < -0.3 is 5.73 Å². The average molecular weight is 351 g/mol. The lowest BCUT2D eigenvalue weighted by Gasteiger charge is -2.09. The zero-order chi connectivity index (χ0) is 17.6. The normalized spacial score (nSPS) is 10.9. The molecule has 0 radical (unpaired) electrons. The molecule has 0 amide bonds. The van der Waals surface area contributed by atoms with Gasteiger partial charge in [-0.05, 0) is 18.2 Å². The molecule has 3 N–H and O–H groups in total. The van der Waals surface area contributed by atoms with E-state index in [1.807, 2.05) is 12.1 Å². The molecule has 0 spiro atoms. The highest BCUT2D eigenvalue weighted by molar-refractivity contribution is 6.35. The van der Waals surface area contributed by atoms with Crippen molar-refractivity contribution in [1.82, 2.24) is 29.9 Å². The highest BCUT2D eigenvalue weighted by atomic mass is 35.5. The number of aromatic amines is 1. The van der Waals surface area contributed by atoms with Crippen LogP contribution >= 0.6 is 11.6 Å². The van der Waals surface area contributed by atoms with Crippen LogP contribution in [0.25, 0.3) is 33.5 Å². The van der Waals surface area contributed by atoms with Crippen molar-refractivity contribution < 1.29 is 0 Å². The molecule has 0 unspecified atom stereocenters. The first-order valence-corrected chi connectivity index (χ1v) is 7.65. The molecule has 0 fully saturated rings. The second-order valence-corrected chi connectivity index (χ2v) is 5.84. The molecule has 4 aromatic rings. The van der Waals surface area contributed by atoms with E-state index in [4.69, 9.17) is 17.3 Å². The Morgan fingerprint density at radius 3 is 2.84 bits per heavy atom. The number of nitrogens with one attached hydrogen (secondary N) is 1. The molecule has 9 heteroatoms. The van der Waals surface area contributed by atoms with Crippen molar-refractivity contribution in [1.29, 1.82) is 5.26 Å². The fourth-order valence-corrected chi connectivity index (χ4v) is 2.87. The van der Waals surface area contributed by atoms with Crippen LogP contribution in [0, 0.1) is 11.3 Å². The van der Waals surface area contributed by atoms with E-state index in [1.165, 1.54) is 0 Å². The molecule has 0 saturated carbocycles. The van der Waals surface area contributed by atoms with Crippen molar-refractivity contribution in [2.45, 2.75) is 0 Å². The van der Waals surface area contributed by atoms with E-state index >= 15 is 0 Å². The Hall–Kier alpha value is -3.44. The highest BCUT2D eigenvalue weighted by Gasteiger charge is 2.18. The molecule has 0 aliphatic heterocycles. The van der Waals surface area contributed by atoms with E-state index in [0.29, 0.717) is 27.7 Å². The first-order chi connectivity index (χ1) is 12.1. The van der Waals surface area contributed by atoms with Gasteiger partial charge in [-0.25, -0.2) is 9.97 Å². The predicted molar refractivity (Wildman–Crippen MR) is 93.5 cm³/mol. The molecule has 3 heterocycles. The molecule has 0 aliphatic carbocycles. The molecule has 0 bridgehead atoms. The van der Waals surface area contributed by atoms with Gasteiger partial charge in [0.15, 0.2) is 11.5 Å². The number of rotatable bonds is 2. The van der Waals surface area contributed by atoms with Crippen LogP contribution in [0.5, 0.6) is 0 Å². The third-order valence-electron chi connectivity index (χ3n) is 3.76. The van der Waals surface area contributed by atoms with Crippen molar-refractivity contribution in [3.8, 4) is 28.7 Å². The molecule has 122 valence electrons. The predicted octanol–water partition coefficient (Wildman–Crippen LogP) is 2.53. The number of aromatic nitrogens is 6. The number of benzene rings is 1. The molecule has 8 nitrogen and oxygen atoms in total. The van der Waals surface area contributed by atoms with Gasteiger partial charge in [0.05, 0.1) is 16.7 Å². The van der Waals surface area contributed by atoms with E-state index in [1.54, 1.807) is 36.3 Å². The number of anilines is 1. The number of hydrogen-bond donors (Lipinski definition) is 2. The Morgan fingerprint density at radius 1 is 1.28 bits per heavy atom. The van der Waals surface area contributed by atoms with Crippen molar-refractivity contribution in [3.63, 3.8) is 0 Å². The molecule has 3 aromatic heterocycles. The third-order valence-corrected chi connectivity index (χ3v) is 4.06. The fourth-order valence-electron chi connectivity index (χ4n) is 2.60. The zero-order valence-corrected chi connectivity index (χ0v) is 13.8. The molecule has 0 atom stereocenters. The van der Waals surface area contributed by atoms with E-state index < -0.39 is 0 Å². The summed E-state index contributed by atoms with van der Waals surface area (Å²) in [6.07, 6.45) is 3.46. The first-order valence-electron chi connectivity index (χ1n) is 7.27. The van der Waals surface area contributed by atoms with Crippen LogP contribution in [0.4, 0.5) is 5.82 Å². The van der Waals surface area contributed by atoms with Gasteiger partial charge in [0.2, 0.25) is 0 Å². The number of halogens is 1. The Kier molecular flexibility index (Phi) is 3.37. The molecule has 0 saturated heterocycles. The summed E-state index contributed by atoms with van der Waals surface area (Å²) in [6, 6.07) is 7.38. The van der Waals surface area contributed by atoms with Crippen molar-refractivity contribution in [3.05, 3.63) is 41.3 Å². The Morgan fingerprint density at radius 2 is 2.12 bits per heavy atom. The van der Waals surface area contributed by atoms with E-state index in [0.717, 1.165) is 10.9 Å². The van der Waals surface area contributed by atoms with Crippen LogP contribution in [0.15, 0.2) is 30.6 Å². The molecular weight excluding hydrogens is 340 g/mol. The number of hydrogen-bond acceptors (Lipinski definition) is 6. The minimum absolute atomic E-state index is 0.0538. The summed E-state index contributed by atoms with van der Waals surface area (Å²) in [5.74, 6) is 0.0578. The van der Waals surface area contributed by atoms with Gasteiger partial charge in [-0.15, -0.1) is 0 Å². The summed E-state index contributed by atoms with van der Waals surface area (Å²) in [6.45, 7) is 0. The Labute approximate surface area is 146 Å². The van der Waals surface area contributed by atoms with Gasteiger partial charge in [-0.2, -0.15) is 15.5 Å². The molecule has 4 rings (SSSR count). The highest BCUT2D eigenvalue weighted by Crippen LogP contribution is 2.34. The molecule has 25 heavy (non-hydrogen) atoms. The lowest BCUT2D eigenvalue weighted by atomic mass is 10.1. The topological polar surface area (TPSA) is 122 Å². The van der Waals surface area contributed by atoms with Gasteiger partial charge in [-0.1, -0.05) is 11.6 Å². The van der Waals surface area contributed by atoms with Crippen LogP contribution in [0.3, 0.4) is 0 Å². The smallest absolute Gasteiger partial charge is 0.183 e. The number of nitrogen functional groups attached to an aromatic ring is 1. The minimum atomic E-state index is 0.0538. The van der Waals surface area contributed by atoms with Crippen LogP contribution in [0.2, 0.25) is 5.02 Å². The van der Waals surface area contributed by atoms with Crippen molar-refractivity contribution in [2.24, 2.45) is 7.05 Å². The quantitative estimate of drug-likeness (QED) is 0.572. The SMILES string of the molecule is Cn1ccc(-c2nc(N)c(C#N)nc2-c2cc(Cl)c3[nH]ncc3c2)n1. The average Bonchev–Trinajstić information content (AvgIpc) is 3.23. The van der Waals surface area contributed by atoms with Crippen molar-refractivity contribution >= 4 is 28.3 Å². The summed E-state index contributed by atoms with van der Waals surface area (Å²) >= 11 is 6.33. The number of nitriles is 1. The van der Waals surface area contributed by atoms with Gasteiger partial charge >= 0.3 is 0 Å². The van der Waals surface area contributed by atoms with Gasteiger partial charge in [0.25, 0.3) is 0 Å². The third kappa shape index (κ3) is 2.47. The largest absolute Gasteiger partial charge is 0.381 e. The number of H-pyrrole nitrogens is 1. The zero-order valence-electron chi connectivity index (χ0n) is 13.0. The second-order valence-electron chi connectivity index (χ2n) is 5.43. The van der Waals surface area contributed by atoms with E-state index in [9.17, 15) is 5.26 Å². The van der Waals surface area contributed by atoms with E-state index in [2.05, 4.69) is 25.3 Å². The first kappa shape index (κ1) is 15.1. The van der Waals surface area contributed by atoms with Crippen LogP contribution < -0.4 is 5.73 Å². The Balaban J connectivity index is 2.02. The van der Waals surface area contributed by atoms with E-state index in [-0.39, 0.29) is 11.5 Å². The standard InChI is InChI=1S/C16H11ClN8/c1-25-3-2-11(24-25)15-14(21-12(6-18)16(19)22-15)8-4-9-7-20-23-13(9)10(17)5-8/h2-5,7H,1H3,(H2,19,22)(H,20,23). The lowest BCUT2D eigenvalue weighted by molar-refractivity contribution is 0.770.